The molecule has 94 valence electrons. The first-order valence-corrected chi connectivity index (χ1v) is 6.50. The highest BCUT2D eigenvalue weighted by Gasteiger charge is 2.09. The zero-order valence-corrected chi connectivity index (χ0v) is 11.8. The molecule has 0 atom stereocenters. The van der Waals surface area contributed by atoms with Gasteiger partial charge in [0.2, 0.25) is 0 Å². The van der Waals surface area contributed by atoms with Crippen LogP contribution in [0.5, 0.6) is 5.75 Å². The van der Waals surface area contributed by atoms with Crippen molar-refractivity contribution < 1.29 is 9.66 Å². The number of nitrogens with zero attached hydrogens (tertiary/aromatic N) is 1. The minimum Gasteiger partial charge on any atom is -0.491 e. The summed E-state index contributed by atoms with van der Waals surface area (Å²) in [5.74, 6) is 0.689. The van der Waals surface area contributed by atoms with Gasteiger partial charge in [-0.15, -0.1) is 0 Å². The van der Waals surface area contributed by atoms with E-state index in [1.807, 2.05) is 22.6 Å². The highest BCUT2D eigenvalue weighted by atomic mass is 127. The second-order valence-electron chi connectivity index (χ2n) is 3.47. The van der Waals surface area contributed by atoms with E-state index >= 15 is 0 Å². The summed E-state index contributed by atoms with van der Waals surface area (Å²) in [6.07, 6.45) is 1.09. The Labute approximate surface area is 114 Å². The Kier molecular flexibility index (Phi) is 6.20. The normalized spacial score (nSPS) is 10.2. The van der Waals surface area contributed by atoms with Crippen molar-refractivity contribution >= 4 is 28.3 Å². The molecule has 0 saturated heterocycles. The molecule has 0 aliphatic heterocycles. The lowest BCUT2D eigenvalue weighted by Crippen LogP contribution is -2.21. The lowest BCUT2D eigenvalue weighted by molar-refractivity contribution is -0.385. The Morgan fingerprint density at radius 3 is 2.82 bits per heavy atom. The van der Waals surface area contributed by atoms with Gasteiger partial charge in [0.1, 0.15) is 12.4 Å². The largest absolute Gasteiger partial charge is 0.491 e. The first kappa shape index (κ1) is 14.2. The summed E-state index contributed by atoms with van der Waals surface area (Å²) in [5, 5.41) is 13.8. The first-order chi connectivity index (χ1) is 8.15. The number of nitro groups is 1. The van der Waals surface area contributed by atoms with E-state index in [4.69, 9.17) is 4.74 Å². The summed E-state index contributed by atoms with van der Waals surface area (Å²) in [4.78, 5) is 10.1. The minimum atomic E-state index is -0.408. The number of halogens is 1. The average molecular weight is 350 g/mol. The predicted octanol–water partition coefficient (Wildman–Crippen LogP) is 2.58. The molecule has 0 radical (unpaired) electrons. The lowest BCUT2D eigenvalue weighted by Gasteiger charge is -2.08. The number of rotatable bonds is 7. The smallest absolute Gasteiger partial charge is 0.270 e. The number of hydrogen-bond donors (Lipinski definition) is 1. The van der Waals surface area contributed by atoms with Gasteiger partial charge in [0.15, 0.2) is 0 Å². The van der Waals surface area contributed by atoms with Crippen LogP contribution in [0.25, 0.3) is 0 Å². The highest BCUT2D eigenvalue weighted by Crippen LogP contribution is 2.25. The maximum absolute atomic E-state index is 10.5. The molecule has 0 fully saturated rings. The van der Waals surface area contributed by atoms with Crippen molar-refractivity contribution in [3.63, 3.8) is 0 Å². The highest BCUT2D eigenvalue weighted by molar-refractivity contribution is 14.1. The number of non-ortho nitro benzene ring substituents is 1. The van der Waals surface area contributed by atoms with Crippen LogP contribution in [0.2, 0.25) is 0 Å². The fourth-order valence-electron chi connectivity index (χ4n) is 1.26. The zero-order valence-electron chi connectivity index (χ0n) is 9.61. The fourth-order valence-corrected chi connectivity index (χ4v) is 1.91. The van der Waals surface area contributed by atoms with Crippen molar-refractivity contribution in [2.45, 2.75) is 13.3 Å². The van der Waals surface area contributed by atoms with E-state index in [1.54, 1.807) is 6.07 Å². The van der Waals surface area contributed by atoms with Gasteiger partial charge < -0.3 is 10.1 Å². The number of benzene rings is 1. The molecule has 0 unspecified atom stereocenters. The molecule has 0 saturated carbocycles. The number of nitro benzene ring substituents is 1. The summed E-state index contributed by atoms with van der Waals surface area (Å²) < 4.78 is 6.28. The van der Waals surface area contributed by atoms with E-state index in [2.05, 4.69) is 12.2 Å². The van der Waals surface area contributed by atoms with Gasteiger partial charge in [0.25, 0.3) is 5.69 Å². The summed E-state index contributed by atoms with van der Waals surface area (Å²) in [5.41, 5.74) is 0.0888. The molecule has 1 rings (SSSR count). The molecule has 5 nitrogen and oxygen atoms in total. The maximum Gasteiger partial charge on any atom is 0.270 e. The fraction of sp³-hybridized carbons (Fsp3) is 0.455. The molecule has 0 aliphatic carbocycles. The predicted molar refractivity (Wildman–Crippen MR) is 74.5 cm³/mol. The van der Waals surface area contributed by atoms with Crippen LogP contribution >= 0.6 is 22.6 Å². The number of ether oxygens (including phenoxy) is 1. The number of hydrogen-bond acceptors (Lipinski definition) is 4. The monoisotopic (exact) mass is 350 g/mol. The Balaban J connectivity index is 2.46. The van der Waals surface area contributed by atoms with Crippen LogP contribution in [0.1, 0.15) is 13.3 Å². The second kappa shape index (κ2) is 7.44. The topological polar surface area (TPSA) is 64.4 Å². The molecule has 6 heteroatoms. The molecule has 17 heavy (non-hydrogen) atoms. The molecule has 0 amide bonds. The quantitative estimate of drug-likeness (QED) is 0.355. The third-order valence-electron chi connectivity index (χ3n) is 2.09. The molecular weight excluding hydrogens is 335 g/mol. The Morgan fingerprint density at radius 1 is 1.47 bits per heavy atom. The molecule has 1 N–H and O–H groups in total. The first-order valence-electron chi connectivity index (χ1n) is 5.42. The second-order valence-corrected chi connectivity index (χ2v) is 4.63. The standard InChI is InChI=1S/C11H15IN2O3/c1-2-5-13-6-7-17-11-4-3-9(14(15)16)8-10(11)12/h3-4,8,13H,2,5-7H2,1H3. The Bertz CT molecular complexity index is 385. The Morgan fingerprint density at radius 2 is 2.24 bits per heavy atom. The zero-order chi connectivity index (χ0) is 12.7. The van der Waals surface area contributed by atoms with Crippen LogP contribution < -0.4 is 10.1 Å². The van der Waals surface area contributed by atoms with Crippen LogP contribution in [0.4, 0.5) is 5.69 Å². The molecule has 0 spiro atoms. The summed E-state index contributed by atoms with van der Waals surface area (Å²) in [7, 11) is 0. The van der Waals surface area contributed by atoms with Gasteiger partial charge in [-0.05, 0) is 41.6 Å². The Hall–Kier alpha value is -0.890. The molecule has 1 aromatic rings. The van der Waals surface area contributed by atoms with E-state index in [1.165, 1.54) is 12.1 Å². The molecule has 0 aromatic heterocycles. The van der Waals surface area contributed by atoms with Crippen LogP contribution in [-0.4, -0.2) is 24.6 Å². The third kappa shape index (κ3) is 4.86. The summed E-state index contributed by atoms with van der Waals surface area (Å²) >= 11 is 2.04. The number of nitrogens with one attached hydrogen (secondary N) is 1. The average Bonchev–Trinajstić information content (AvgIpc) is 2.30. The van der Waals surface area contributed by atoms with Gasteiger partial charge in [-0.2, -0.15) is 0 Å². The van der Waals surface area contributed by atoms with E-state index < -0.39 is 4.92 Å². The van der Waals surface area contributed by atoms with E-state index in [9.17, 15) is 10.1 Å². The SMILES string of the molecule is CCCNCCOc1ccc([N+](=O)[O-])cc1I. The van der Waals surface area contributed by atoms with Crippen LogP contribution in [0.3, 0.4) is 0 Å². The summed E-state index contributed by atoms with van der Waals surface area (Å²) in [6, 6.07) is 4.60. The van der Waals surface area contributed by atoms with Gasteiger partial charge in [-0.1, -0.05) is 6.92 Å². The molecular formula is C11H15IN2O3. The molecule has 0 bridgehead atoms. The van der Waals surface area contributed by atoms with Gasteiger partial charge >= 0.3 is 0 Å². The van der Waals surface area contributed by atoms with Crippen molar-refractivity contribution in [3.05, 3.63) is 31.9 Å². The molecule has 0 aliphatic rings. The van der Waals surface area contributed by atoms with Gasteiger partial charge in [0, 0.05) is 18.7 Å². The van der Waals surface area contributed by atoms with Crippen molar-refractivity contribution in [2.24, 2.45) is 0 Å². The van der Waals surface area contributed by atoms with Crippen molar-refractivity contribution in [1.29, 1.82) is 0 Å². The van der Waals surface area contributed by atoms with Gasteiger partial charge in [0.05, 0.1) is 8.49 Å². The summed E-state index contributed by atoms with van der Waals surface area (Å²) in [6.45, 7) is 4.42. The molecule has 1 aromatic carbocycles. The van der Waals surface area contributed by atoms with E-state index in [-0.39, 0.29) is 5.69 Å². The van der Waals surface area contributed by atoms with E-state index in [0.717, 1.165) is 23.1 Å². The van der Waals surface area contributed by atoms with Crippen LogP contribution in [-0.2, 0) is 0 Å². The van der Waals surface area contributed by atoms with Gasteiger partial charge in [-0.25, -0.2) is 0 Å². The molecule has 0 heterocycles. The van der Waals surface area contributed by atoms with Crippen LogP contribution in [0.15, 0.2) is 18.2 Å². The third-order valence-corrected chi connectivity index (χ3v) is 2.93. The lowest BCUT2D eigenvalue weighted by atomic mass is 10.3. The minimum absolute atomic E-state index is 0.0888. The van der Waals surface area contributed by atoms with Gasteiger partial charge in [-0.3, -0.25) is 10.1 Å². The maximum atomic E-state index is 10.5. The van der Waals surface area contributed by atoms with Crippen molar-refractivity contribution in [1.82, 2.24) is 5.32 Å². The van der Waals surface area contributed by atoms with Crippen LogP contribution in [0, 0.1) is 13.7 Å². The van der Waals surface area contributed by atoms with Crippen molar-refractivity contribution in [2.75, 3.05) is 19.7 Å². The van der Waals surface area contributed by atoms with E-state index in [0.29, 0.717) is 12.4 Å². The van der Waals surface area contributed by atoms with Crippen molar-refractivity contribution in [3.8, 4) is 5.75 Å².